The zero-order valence-electron chi connectivity index (χ0n) is 9.35. The van der Waals surface area contributed by atoms with Crippen LogP contribution in [0.25, 0.3) is 0 Å². The second kappa shape index (κ2) is 3.68. The molecule has 86 valence electrons. The molecule has 2 fully saturated rings. The minimum atomic E-state index is 0.126. The molecule has 0 unspecified atom stereocenters. The Morgan fingerprint density at radius 1 is 1.56 bits per heavy atom. The number of nitrogens with zero attached hydrogens (tertiary/aromatic N) is 3. The van der Waals surface area contributed by atoms with Gasteiger partial charge in [0.1, 0.15) is 5.60 Å². The molecule has 2 aliphatic rings. The molecule has 2 aliphatic heterocycles. The predicted molar refractivity (Wildman–Crippen MR) is 58.3 cm³/mol. The molecule has 0 amide bonds. The van der Waals surface area contributed by atoms with E-state index in [1.54, 1.807) is 13.3 Å². The van der Waals surface area contributed by atoms with Crippen LogP contribution in [0.1, 0.15) is 12.1 Å². The molecule has 16 heavy (non-hydrogen) atoms. The summed E-state index contributed by atoms with van der Waals surface area (Å²) in [5, 5.41) is 0. The number of hydrogen-bond donors (Lipinski definition) is 0. The zero-order chi connectivity index (χ0) is 11.0. The van der Waals surface area contributed by atoms with E-state index in [0.717, 1.165) is 31.3 Å². The molecule has 5 nitrogen and oxygen atoms in total. The Hall–Kier alpha value is -1.20. The molecule has 0 saturated carbocycles. The standard InChI is InChI=1S/C11H15N3O2/c1-15-6-9-2-4-12-10(13-9)14-7-11(8-14)3-5-16-11/h2,4H,3,5-8H2,1H3. The van der Waals surface area contributed by atoms with E-state index in [9.17, 15) is 0 Å². The average molecular weight is 221 g/mol. The van der Waals surface area contributed by atoms with Gasteiger partial charge in [-0.2, -0.15) is 0 Å². The molecule has 0 aromatic carbocycles. The van der Waals surface area contributed by atoms with Crippen LogP contribution in [0.2, 0.25) is 0 Å². The van der Waals surface area contributed by atoms with Crippen LogP contribution in [0, 0.1) is 0 Å². The SMILES string of the molecule is COCc1ccnc(N2CC3(CCO3)C2)n1. The maximum Gasteiger partial charge on any atom is 0.225 e. The van der Waals surface area contributed by atoms with Crippen LogP contribution < -0.4 is 4.90 Å². The van der Waals surface area contributed by atoms with Crippen molar-refractivity contribution in [3.8, 4) is 0 Å². The largest absolute Gasteiger partial charge is 0.378 e. The first-order valence-corrected chi connectivity index (χ1v) is 5.51. The summed E-state index contributed by atoms with van der Waals surface area (Å²) >= 11 is 0. The maximum atomic E-state index is 5.56. The van der Waals surface area contributed by atoms with Gasteiger partial charge in [0.25, 0.3) is 0 Å². The summed E-state index contributed by atoms with van der Waals surface area (Å²) < 4.78 is 10.6. The lowest BCUT2D eigenvalue weighted by atomic mass is 9.86. The van der Waals surface area contributed by atoms with Crippen LogP contribution in [0.3, 0.4) is 0 Å². The monoisotopic (exact) mass is 221 g/mol. The molecule has 1 spiro atoms. The number of anilines is 1. The summed E-state index contributed by atoms with van der Waals surface area (Å²) in [5.74, 6) is 0.788. The Morgan fingerprint density at radius 2 is 2.38 bits per heavy atom. The van der Waals surface area contributed by atoms with Gasteiger partial charge in [0.15, 0.2) is 0 Å². The van der Waals surface area contributed by atoms with Crippen molar-refractivity contribution in [3.63, 3.8) is 0 Å². The van der Waals surface area contributed by atoms with Crippen LogP contribution in [0.5, 0.6) is 0 Å². The van der Waals surface area contributed by atoms with Gasteiger partial charge in [-0.1, -0.05) is 0 Å². The van der Waals surface area contributed by atoms with E-state index in [-0.39, 0.29) is 5.60 Å². The first-order valence-electron chi connectivity index (χ1n) is 5.51. The first kappa shape index (κ1) is 9.99. The Balaban J connectivity index is 1.68. The molecular formula is C11H15N3O2. The van der Waals surface area contributed by atoms with E-state index in [1.807, 2.05) is 6.07 Å². The second-order valence-corrected chi connectivity index (χ2v) is 4.42. The zero-order valence-corrected chi connectivity index (χ0v) is 9.35. The minimum absolute atomic E-state index is 0.126. The molecular weight excluding hydrogens is 206 g/mol. The molecule has 0 bridgehead atoms. The van der Waals surface area contributed by atoms with E-state index in [0.29, 0.717) is 6.61 Å². The van der Waals surface area contributed by atoms with Crippen molar-refractivity contribution in [2.45, 2.75) is 18.6 Å². The molecule has 0 N–H and O–H groups in total. The van der Waals surface area contributed by atoms with Crippen molar-refractivity contribution >= 4 is 5.95 Å². The Labute approximate surface area is 94.4 Å². The third-order valence-corrected chi connectivity index (χ3v) is 3.20. The fraction of sp³-hybridized carbons (Fsp3) is 0.636. The summed E-state index contributed by atoms with van der Waals surface area (Å²) in [7, 11) is 1.67. The molecule has 0 atom stereocenters. The van der Waals surface area contributed by atoms with Gasteiger partial charge in [0, 0.05) is 19.7 Å². The molecule has 3 heterocycles. The van der Waals surface area contributed by atoms with Gasteiger partial charge >= 0.3 is 0 Å². The van der Waals surface area contributed by atoms with Crippen LogP contribution in [-0.2, 0) is 16.1 Å². The molecule has 5 heteroatoms. The normalized spacial score (nSPS) is 21.7. The number of ether oxygens (including phenoxy) is 2. The van der Waals surface area contributed by atoms with Crippen molar-refractivity contribution in [2.75, 3.05) is 31.7 Å². The summed E-state index contributed by atoms with van der Waals surface area (Å²) in [5.41, 5.74) is 1.05. The minimum Gasteiger partial charge on any atom is -0.378 e. The first-order chi connectivity index (χ1) is 7.81. The number of hydrogen-bond acceptors (Lipinski definition) is 5. The van der Waals surface area contributed by atoms with E-state index in [1.165, 1.54) is 6.42 Å². The Kier molecular flexibility index (Phi) is 2.29. The van der Waals surface area contributed by atoms with Crippen LogP contribution >= 0.6 is 0 Å². The highest BCUT2D eigenvalue weighted by atomic mass is 16.5. The average Bonchev–Trinajstić information content (AvgIpc) is 2.14. The summed E-state index contributed by atoms with van der Waals surface area (Å²) in [4.78, 5) is 10.9. The van der Waals surface area contributed by atoms with E-state index in [2.05, 4.69) is 14.9 Å². The van der Waals surface area contributed by atoms with Gasteiger partial charge in [0.2, 0.25) is 5.95 Å². The summed E-state index contributed by atoms with van der Waals surface area (Å²) in [6, 6.07) is 1.88. The highest BCUT2D eigenvalue weighted by Gasteiger charge is 2.49. The van der Waals surface area contributed by atoms with Gasteiger partial charge in [0.05, 0.1) is 32.0 Å². The molecule has 0 radical (unpaired) electrons. The van der Waals surface area contributed by atoms with Gasteiger partial charge in [-0.25, -0.2) is 9.97 Å². The topological polar surface area (TPSA) is 47.5 Å². The van der Waals surface area contributed by atoms with Crippen molar-refractivity contribution in [3.05, 3.63) is 18.0 Å². The fourth-order valence-electron chi connectivity index (χ4n) is 2.20. The highest BCUT2D eigenvalue weighted by Crippen LogP contribution is 2.37. The molecule has 2 saturated heterocycles. The number of aromatic nitrogens is 2. The van der Waals surface area contributed by atoms with Gasteiger partial charge in [-0.15, -0.1) is 0 Å². The van der Waals surface area contributed by atoms with Crippen LogP contribution in [0.15, 0.2) is 12.3 Å². The summed E-state index contributed by atoms with van der Waals surface area (Å²) in [6.45, 7) is 3.27. The quantitative estimate of drug-likeness (QED) is 0.748. The van der Waals surface area contributed by atoms with Crippen molar-refractivity contribution in [1.82, 2.24) is 9.97 Å². The van der Waals surface area contributed by atoms with Crippen molar-refractivity contribution < 1.29 is 9.47 Å². The molecule has 0 aliphatic carbocycles. The maximum absolute atomic E-state index is 5.56. The highest BCUT2D eigenvalue weighted by molar-refractivity contribution is 5.38. The van der Waals surface area contributed by atoms with E-state index >= 15 is 0 Å². The second-order valence-electron chi connectivity index (χ2n) is 4.42. The van der Waals surface area contributed by atoms with E-state index < -0.39 is 0 Å². The van der Waals surface area contributed by atoms with Crippen LogP contribution in [0.4, 0.5) is 5.95 Å². The number of methoxy groups -OCH3 is 1. The molecule has 3 rings (SSSR count). The summed E-state index contributed by atoms with van der Waals surface area (Å²) in [6.07, 6.45) is 2.95. The van der Waals surface area contributed by atoms with Crippen LogP contribution in [-0.4, -0.2) is 42.4 Å². The van der Waals surface area contributed by atoms with Gasteiger partial charge < -0.3 is 14.4 Å². The van der Waals surface area contributed by atoms with Gasteiger partial charge in [-0.05, 0) is 6.07 Å². The van der Waals surface area contributed by atoms with Crippen molar-refractivity contribution in [1.29, 1.82) is 0 Å². The third kappa shape index (κ3) is 1.56. The Morgan fingerprint density at radius 3 is 3.00 bits per heavy atom. The Bertz CT molecular complexity index is 385. The lowest BCUT2D eigenvalue weighted by Gasteiger charge is -2.55. The number of rotatable bonds is 3. The van der Waals surface area contributed by atoms with E-state index in [4.69, 9.17) is 9.47 Å². The third-order valence-electron chi connectivity index (χ3n) is 3.20. The molecule has 1 aromatic rings. The molecule has 1 aromatic heterocycles. The fourth-order valence-corrected chi connectivity index (χ4v) is 2.20. The lowest BCUT2D eigenvalue weighted by molar-refractivity contribution is -0.161. The smallest absolute Gasteiger partial charge is 0.225 e. The lowest BCUT2D eigenvalue weighted by Crippen LogP contribution is -2.68. The van der Waals surface area contributed by atoms with Crippen molar-refractivity contribution in [2.24, 2.45) is 0 Å². The predicted octanol–water partition coefficient (Wildman–Crippen LogP) is 0.602. The van der Waals surface area contributed by atoms with Gasteiger partial charge in [-0.3, -0.25) is 0 Å².